The molecule has 0 amide bonds. The molecule has 3 aliphatic rings. The van der Waals surface area contributed by atoms with E-state index in [1.165, 1.54) is 51.4 Å². The summed E-state index contributed by atoms with van der Waals surface area (Å²) < 4.78 is 27.1. The molecule has 3 fully saturated rings. The maximum atomic E-state index is 13.7. The predicted octanol–water partition coefficient (Wildman–Crippen LogP) is 4.98. The fourth-order valence-corrected chi connectivity index (χ4v) is 5.44. The van der Waals surface area contributed by atoms with Crippen LogP contribution < -0.4 is 10.6 Å². The summed E-state index contributed by atoms with van der Waals surface area (Å²) in [4.78, 5) is 0. The van der Waals surface area contributed by atoms with E-state index >= 15 is 0 Å². The van der Waals surface area contributed by atoms with Crippen LogP contribution in [0, 0.1) is 23.7 Å². The SMILES string of the molecule is CCCCCC1CNC(C2CCC(C3CCC(F)C(F)C3)CC2)NC1. The first-order chi connectivity index (χ1) is 12.2. The van der Waals surface area contributed by atoms with Crippen LogP contribution in [-0.4, -0.2) is 31.6 Å². The van der Waals surface area contributed by atoms with E-state index in [9.17, 15) is 8.78 Å². The van der Waals surface area contributed by atoms with Crippen LogP contribution >= 0.6 is 0 Å². The molecule has 0 radical (unpaired) electrons. The van der Waals surface area contributed by atoms with Crippen molar-refractivity contribution in [3.05, 3.63) is 0 Å². The van der Waals surface area contributed by atoms with Gasteiger partial charge in [0, 0.05) is 13.1 Å². The van der Waals surface area contributed by atoms with E-state index in [1.807, 2.05) is 0 Å². The third-order valence-corrected chi connectivity index (χ3v) is 7.16. The van der Waals surface area contributed by atoms with Gasteiger partial charge < -0.3 is 10.6 Å². The third kappa shape index (κ3) is 5.38. The molecule has 1 heterocycles. The van der Waals surface area contributed by atoms with Gasteiger partial charge in [-0.05, 0) is 75.0 Å². The van der Waals surface area contributed by atoms with E-state index in [2.05, 4.69) is 17.6 Å². The second kappa shape index (κ2) is 9.64. The molecule has 0 aromatic heterocycles. The van der Waals surface area contributed by atoms with Crippen molar-refractivity contribution in [2.45, 2.75) is 96.1 Å². The largest absolute Gasteiger partial charge is 0.301 e. The van der Waals surface area contributed by atoms with E-state index in [0.717, 1.165) is 25.4 Å². The number of rotatable bonds is 6. The number of hydrogen-bond donors (Lipinski definition) is 2. The van der Waals surface area contributed by atoms with E-state index in [4.69, 9.17) is 0 Å². The van der Waals surface area contributed by atoms with Gasteiger partial charge in [0.1, 0.15) is 12.3 Å². The second-order valence-corrected chi connectivity index (χ2v) is 8.94. The molecule has 0 spiro atoms. The summed E-state index contributed by atoms with van der Waals surface area (Å²) >= 11 is 0. The van der Waals surface area contributed by atoms with E-state index in [1.54, 1.807) is 0 Å². The highest BCUT2D eigenvalue weighted by Crippen LogP contribution is 2.42. The van der Waals surface area contributed by atoms with Gasteiger partial charge in [-0.3, -0.25) is 0 Å². The van der Waals surface area contributed by atoms with Crippen molar-refractivity contribution < 1.29 is 8.78 Å². The van der Waals surface area contributed by atoms with Crippen molar-refractivity contribution in [3.8, 4) is 0 Å². The molecule has 2 aliphatic carbocycles. The maximum absolute atomic E-state index is 13.7. The summed E-state index contributed by atoms with van der Waals surface area (Å²) in [5.74, 6) is 2.56. The van der Waals surface area contributed by atoms with E-state index in [0.29, 0.717) is 36.8 Å². The van der Waals surface area contributed by atoms with E-state index in [-0.39, 0.29) is 0 Å². The maximum Gasteiger partial charge on any atom is 0.131 e. The molecule has 1 aliphatic heterocycles. The highest BCUT2D eigenvalue weighted by atomic mass is 19.2. The Hall–Kier alpha value is -0.220. The summed E-state index contributed by atoms with van der Waals surface area (Å²) in [6.07, 6.45) is 10.1. The molecule has 2 N–H and O–H groups in total. The van der Waals surface area contributed by atoms with Gasteiger partial charge in [0.25, 0.3) is 0 Å². The Morgan fingerprint density at radius 2 is 1.40 bits per heavy atom. The highest BCUT2D eigenvalue weighted by Gasteiger charge is 2.37. The lowest BCUT2D eigenvalue weighted by atomic mass is 9.69. The number of nitrogens with one attached hydrogen (secondary N) is 2. The van der Waals surface area contributed by atoms with Gasteiger partial charge in [-0.1, -0.05) is 26.2 Å². The van der Waals surface area contributed by atoms with Crippen LogP contribution in [0.3, 0.4) is 0 Å². The average Bonchev–Trinajstić information content (AvgIpc) is 2.65. The lowest BCUT2D eigenvalue weighted by Gasteiger charge is -2.42. The first-order valence-corrected chi connectivity index (χ1v) is 10.9. The number of hydrogen-bond acceptors (Lipinski definition) is 2. The van der Waals surface area contributed by atoms with Crippen molar-refractivity contribution in [1.29, 1.82) is 0 Å². The third-order valence-electron chi connectivity index (χ3n) is 7.16. The fourth-order valence-electron chi connectivity index (χ4n) is 5.44. The molecule has 3 unspecified atom stereocenters. The Balaban J connectivity index is 1.36. The summed E-state index contributed by atoms with van der Waals surface area (Å²) in [5, 5.41) is 7.50. The van der Waals surface area contributed by atoms with Gasteiger partial charge >= 0.3 is 0 Å². The smallest absolute Gasteiger partial charge is 0.131 e. The normalized spacial score (nSPS) is 43.1. The molecule has 2 saturated carbocycles. The zero-order valence-corrected chi connectivity index (χ0v) is 16.0. The number of halogens is 2. The monoisotopic (exact) mass is 356 g/mol. The van der Waals surface area contributed by atoms with Gasteiger partial charge in [0.2, 0.25) is 0 Å². The topological polar surface area (TPSA) is 24.1 Å². The van der Waals surface area contributed by atoms with Gasteiger partial charge in [-0.25, -0.2) is 8.78 Å². The number of alkyl halides is 2. The Morgan fingerprint density at radius 1 is 0.760 bits per heavy atom. The van der Waals surface area contributed by atoms with Gasteiger partial charge in [0.05, 0.1) is 6.17 Å². The minimum absolute atomic E-state index is 0.429. The predicted molar refractivity (Wildman–Crippen MR) is 100 cm³/mol. The molecular formula is C21H38F2N2. The van der Waals surface area contributed by atoms with Crippen LogP contribution in [0.4, 0.5) is 8.78 Å². The first kappa shape index (κ1) is 19.5. The van der Waals surface area contributed by atoms with Crippen molar-refractivity contribution >= 4 is 0 Å². The lowest BCUT2D eigenvalue weighted by molar-refractivity contribution is 0.0496. The van der Waals surface area contributed by atoms with Crippen molar-refractivity contribution in [2.75, 3.05) is 13.1 Å². The quantitative estimate of drug-likeness (QED) is 0.656. The van der Waals surface area contributed by atoms with Crippen LogP contribution in [0.2, 0.25) is 0 Å². The first-order valence-electron chi connectivity index (χ1n) is 10.9. The Bertz CT molecular complexity index is 376. The molecular weight excluding hydrogens is 318 g/mol. The van der Waals surface area contributed by atoms with Crippen LogP contribution in [0.1, 0.15) is 77.6 Å². The van der Waals surface area contributed by atoms with Crippen molar-refractivity contribution in [3.63, 3.8) is 0 Å². The Morgan fingerprint density at radius 3 is 2.04 bits per heavy atom. The van der Waals surface area contributed by atoms with Crippen molar-refractivity contribution in [2.24, 2.45) is 23.7 Å². The molecule has 146 valence electrons. The van der Waals surface area contributed by atoms with E-state index < -0.39 is 12.3 Å². The summed E-state index contributed by atoms with van der Waals surface area (Å²) in [7, 11) is 0. The van der Waals surface area contributed by atoms with Crippen LogP contribution in [0.25, 0.3) is 0 Å². The van der Waals surface area contributed by atoms with Gasteiger partial charge in [-0.2, -0.15) is 0 Å². The molecule has 3 atom stereocenters. The standard InChI is InChI=1S/C21H38F2N2/c1-2-3-4-5-15-13-24-21(25-14-15)17-8-6-16(7-9-17)18-10-11-19(22)20(23)12-18/h15-21,24-25H,2-14H2,1H3. The number of unbranched alkanes of at least 4 members (excludes halogenated alkanes) is 2. The Kier molecular flexibility index (Phi) is 7.53. The van der Waals surface area contributed by atoms with Gasteiger partial charge in [0.15, 0.2) is 0 Å². The van der Waals surface area contributed by atoms with Crippen molar-refractivity contribution in [1.82, 2.24) is 10.6 Å². The molecule has 0 aromatic rings. The van der Waals surface area contributed by atoms with Crippen LogP contribution in [0.15, 0.2) is 0 Å². The average molecular weight is 357 g/mol. The molecule has 25 heavy (non-hydrogen) atoms. The fraction of sp³-hybridized carbons (Fsp3) is 1.00. The highest BCUT2D eigenvalue weighted by molar-refractivity contribution is 4.89. The minimum Gasteiger partial charge on any atom is -0.301 e. The molecule has 4 heteroatoms. The molecule has 0 aromatic carbocycles. The molecule has 1 saturated heterocycles. The second-order valence-electron chi connectivity index (χ2n) is 8.94. The molecule has 2 nitrogen and oxygen atoms in total. The summed E-state index contributed by atoms with van der Waals surface area (Å²) in [5.41, 5.74) is 0. The molecule has 3 rings (SSSR count). The van der Waals surface area contributed by atoms with Crippen LogP contribution in [0.5, 0.6) is 0 Å². The summed E-state index contributed by atoms with van der Waals surface area (Å²) in [6.45, 7) is 4.58. The zero-order valence-electron chi connectivity index (χ0n) is 16.0. The zero-order chi connectivity index (χ0) is 17.6. The molecule has 0 bridgehead atoms. The van der Waals surface area contributed by atoms with Gasteiger partial charge in [-0.15, -0.1) is 0 Å². The lowest BCUT2D eigenvalue weighted by Crippen LogP contribution is -2.56. The Labute approximate surface area is 152 Å². The minimum atomic E-state index is -1.21. The van der Waals surface area contributed by atoms with Crippen LogP contribution in [-0.2, 0) is 0 Å². The summed E-state index contributed by atoms with van der Waals surface area (Å²) in [6, 6.07) is 0.